The van der Waals surface area contributed by atoms with Crippen LogP contribution in [-0.4, -0.2) is 5.54 Å². The number of hydrogen-bond acceptors (Lipinski definition) is 1. The van der Waals surface area contributed by atoms with E-state index in [1.807, 2.05) is 0 Å². The molecule has 1 nitrogen and oxygen atoms in total. The number of benzene rings is 1. The van der Waals surface area contributed by atoms with E-state index in [4.69, 9.17) is 5.73 Å². The maximum Gasteiger partial charge on any atom is 0.416 e. The van der Waals surface area contributed by atoms with Gasteiger partial charge in [-0.2, -0.15) is 13.2 Å². The van der Waals surface area contributed by atoms with Crippen LogP contribution in [-0.2, 0) is 12.6 Å². The van der Waals surface area contributed by atoms with Crippen LogP contribution >= 0.6 is 0 Å². The molecule has 2 rings (SSSR count). The second-order valence-corrected chi connectivity index (χ2v) is 4.66. The van der Waals surface area contributed by atoms with Gasteiger partial charge in [-0.25, -0.2) is 4.39 Å². The minimum absolute atomic E-state index is 0.121. The molecule has 0 amide bonds. The third-order valence-corrected chi connectivity index (χ3v) is 3.16. The minimum Gasteiger partial charge on any atom is -0.325 e. The molecule has 0 aliphatic heterocycles. The van der Waals surface area contributed by atoms with Gasteiger partial charge in [0.2, 0.25) is 0 Å². The highest BCUT2D eigenvalue weighted by molar-refractivity contribution is 5.31. The van der Waals surface area contributed by atoms with Crippen LogP contribution in [0.15, 0.2) is 18.2 Å². The second kappa shape index (κ2) is 3.98. The van der Waals surface area contributed by atoms with Crippen molar-refractivity contribution in [2.45, 2.75) is 37.4 Å². The van der Waals surface area contributed by atoms with E-state index < -0.39 is 17.6 Å². The monoisotopic (exact) mass is 247 g/mol. The largest absolute Gasteiger partial charge is 0.416 e. The van der Waals surface area contributed by atoms with Gasteiger partial charge < -0.3 is 5.73 Å². The van der Waals surface area contributed by atoms with E-state index in [2.05, 4.69) is 0 Å². The first-order chi connectivity index (χ1) is 7.80. The predicted molar refractivity (Wildman–Crippen MR) is 55.9 cm³/mol. The molecule has 0 unspecified atom stereocenters. The van der Waals surface area contributed by atoms with Gasteiger partial charge in [0.15, 0.2) is 0 Å². The van der Waals surface area contributed by atoms with Crippen LogP contribution in [0.25, 0.3) is 0 Å². The van der Waals surface area contributed by atoms with Crippen LogP contribution in [0.3, 0.4) is 0 Å². The Hall–Kier alpha value is -1.10. The van der Waals surface area contributed by atoms with Crippen LogP contribution in [0.1, 0.15) is 30.4 Å². The van der Waals surface area contributed by atoms with Crippen LogP contribution in [0, 0.1) is 5.82 Å². The Kier molecular flexibility index (Phi) is 2.89. The Morgan fingerprint density at radius 2 is 1.88 bits per heavy atom. The summed E-state index contributed by atoms with van der Waals surface area (Å²) in [5.41, 5.74) is 4.77. The lowest BCUT2D eigenvalue weighted by molar-refractivity contribution is -0.138. The van der Waals surface area contributed by atoms with Gasteiger partial charge in [-0.15, -0.1) is 0 Å². The van der Waals surface area contributed by atoms with Crippen molar-refractivity contribution in [1.29, 1.82) is 0 Å². The third-order valence-electron chi connectivity index (χ3n) is 3.16. The van der Waals surface area contributed by atoms with Crippen molar-refractivity contribution in [2.24, 2.45) is 5.73 Å². The van der Waals surface area contributed by atoms with E-state index >= 15 is 0 Å². The molecule has 0 radical (unpaired) electrons. The van der Waals surface area contributed by atoms with Gasteiger partial charge >= 0.3 is 6.18 Å². The molecule has 0 spiro atoms. The quantitative estimate of drug-likeness (QED) is 0.815. The molecule has 0 atom stereocenters. The normalized spacial score (nSPS) is 18.2. The molecule has 1 saturated carbocycles. The molecule has 1 aliphatic rings. The van der Waals surface area contributed by atoms with E-state index in [1.54, 1.807) is 0 Å². The fourth-order valence-corrected chi connectivity index (χ4v) is 1.82. The lowest BCUT2D eigenvalue weighted by Gasteiger charge is -2.14. The van der Waals surface area contributed by atoms with Crippen LogP contribution < -0.4 is 5.73 Å². The second-order valence-electron chi connectivity index (χ2n) is 4.66. The zero-order valence-electron chi connectivity index (χ0n) is 9.15. The highest BCUT2D eigenvalue weighted by atomic mass is 19.4. The van der Waals surface area contributed by atoms with Gasteiger partial charge in [0.05, 0.1) is 5.56 Å². The summed E-state index contributed by atoms with van der Waals surface area (Å²) in [6.45, 7) is 0. The number of halogens is 4. The number of nitrogens with two attached hydrogens (primary N) is 1. The summed E-state index contributed by atoms with van der Waals surface area (Å²) < 4.78 is 50.8. The average molecular weight is 247 g/mol. The molecule has 1 aromatic rings. The Morgan fingerprint density at radius 1 is 1.24 bits per heavy atom. The molecule has 17 heavy (non-hydrogen) atoms. The van der Waals surface area contributed by atoms with Crippen LogP contribution in [0.2, 0.25) is 0 Å². The van der Waals surface area contributed by atoms with Crippen molar-refractivity contribution in [3.05, 3.63) is 35.1 Å². The Morgan fingerprint density at radius 3 is 2.41 bits per heavy atom. The first-order valence-corrected chi connectivity index (χ1v) is 5.45. The Balaban J connectivity index is 2.20. The summed E-state index contributed by atoms with van der Waals surface area (Å²) in [6, 6.07) is 2.80. The van der Waals surface area contributed by atoms with Crippen LogP contribution in [0.5, 0.6) is 0 Å². The van der Waals surface area contributed by atoms with Gasteiger partial charge in [-0.1, -0.05) is 6.07 Å². The van der Waals surface area contributed by atoms with E-state index in [0.29, 0.717) is 12.5 Å². The molecule has 0 aromatic heterocycles. The number of hydrogen-bond donors (Lipinski definition) is 1. The lowest BCUT2D eigenvalue weighted by atomic mass is 9.99. The first kappa shape index (κ1) is 12.4. The van der Waals surface area contributed by atoms with Crippen molar-refractivity contribution in [1.82, 2.24) is 0 Å². The molecule has 1 aromatic carbocycles. The molecular formula is C12H13F4N. The van der Waals surface area contributed by atoms with Gasteiger partial charge in [0.1, 0.15) is 5.82 Å². The minimum atomic E-state index is -4.51. The SMILES string of the molecule is NC1(CCc2ccc(F)cc2C(F)(F)F)CC1. The van der Waals surface area contributed by atoms with Crippen molar-refractivity contribution < 1.29 is 17.6 Å². The lowest BCUT2D eigenvalue weighted by Crippen LogP contribution is -2.22. The van der Waals surface area contributed by atoms with Crippen molar-refractivity contribution in [2.75, 3.05) is 0 Å². The highest BCUT2D eigenvalue weighted by Crippen LogP contribution is 2.38. The fourth-order valence-electron chi connectivity index (χ4n) is 1.82. The van der Waals surface area contributed by atoms with Crippen molar-refractivity contribution in [3.63, 3.8) is 0 Å². The summed E-state index contributed by atoms with van der Waals surface area (Å²) in [6.07, 6.45) is -2.04. The van der Waals surface area contributed by atoms with Gasteiger partial charge in [0, 0.05) is 5.54 Å². The van der Waals surface area contributed by atoms with Crippen molar-refractivity contribution in [3.8, 4) is 0 Å². The molecule has 94 valence electrons. The molecule has 2 N–H and O–H groups in total. The summed E-state index contributed by atoms with van der Waals surface area (Å²) in [5, 5.41) is 0. The third kappa shape index (κ3) is 2.97. The smallest absolute Gasteiger partial charge is 0.325 e. The molecule has 0 bridgehead atoms. The Labute approximate surface area is 96.6 Å². The summed E-state index contributed by atoms with van der Waals surface area (Å²) in [5.74, 6) is -0.866. The molecule has 1 aliphatic carbocycles. The summed E-state index contributed by atoms with van der Waals surface area (Å²) in [4.78, 5) is 0. The zero-order chi connectivity index (χ0) is 12.7. The van der Waals surface area contributed by atoms with E-state index in [-0.39, 0.29) is 17.5 Å². The maximum absolute atomic E-state index is 12.8. The summed E-state index contributed by atoms with van der Waals surface area (Å²) in [7, 11) is 0. The van der Waals surface area contributed by atoms with E-state index in [1.165, 1.54) is 6.07 Å². The molecule has 0 saturated heterocycles. The van der Waals surface area contributed by atoms with E-state index in [0.717, 1.165) is 18.9 Å². The number of alkyl halides is 3. The van der Waals surface area contributed by atoms with E-state index in [9.17, 15) is 17.6 Å². The van der Waals surface area contributed by atoms with Gasteiger partial charge in [-0.05, 0) is 43.4 Å². The molecule has 1 fully saturated rings. The molecule has 0 heterocycles. The van der Waals surface area contributed by atoms with Gasteiger partial charge in [-0.3, -0.25) is 0 Å². The number of rotatable bonds is 3. The summed E-state index contributed by atoms with van der Waals surface area (Å²) >= 11 is 0. The topological polar surface area (TPSA) is 26.0 Å². The van der Waals surface area contributed by atoms with Crippen molar-refractivity contribution >= 4 is 0 Å². The highest BCUT2D eigenvalue weighted by Gasteiger charge is 2.39. The molecule has 5 heteroatoms. The average Bonchev–Trinajstić information content (AvgIpc) is 2.94. The Bertz CT molecular complexity index is 421. The van der Waals surface area contributed by atoms with Gasteiger partial charge in [0.25, 0.3) is 0 Å². The predicted octanol–water partition coefficient (Wildman–Crippen LogP) is 3.27. The zero-order valence-corrected chi connectivity index (χ0v) is 9.15. The maximum atomic E-state index is 12.8. The fraction of sp³-hybridized carbons (Fsp3) is 0.500. The molecular weight excluding hydrogens is 234 g/mol. The van der Waals surface area contributed by atoms with Crippen LogP contribution in [0.4, 0.5) is 17.6 Å². The number of aryl methyl sites for hydroxylation is 1. The first-order valence-electron chi connectivity index (χ1n) is 5.45. The standard InChI is InChI=1S/C12H13F4N/c13-9-2-1-8(3-4-11(17)5-6-11)10(7-9)12(14,15)16/h1-2,7H,3-6,17H2.